The van der Waals surface area contributed by atoms with Crippen molar-refractivity contribution in [2.45, 2.75) is 18.3 Å². The van der Waals surface area contributed by atoms with E-state index in [0.29, 0.717) is 11.8 Å². The Balaban J connectivity index is 2.24. The number of aryl methyl sites for hydroxylation is 1. The Bertz CT molecular complexity index is 507. The summed E-state index contributed by atoms with van der Waals surface area (Å²) in [6.45, 7) is 0. The van der Waals surface area contributed by atoms with Crippen LogP contribution in [0.2, 0.25) is 0 Å². The highest BCUT2D eigenvalue weighted by Crippen LogP contribution is 2.37. The third kappa shape index (κ3) is 3.55. The largest absolute Gasteiger partial charge is 0.152 e. The number of hydrogen-bond donors (Lipinski definition) is 0. The lowest BCUT2D eigenvalue weighted by atomic mass is 9.79. The summed E-state index contributed by atoms with van der Waals surface area (Å²) in [5, 5.41) is 4.30. The third-order valence-electron chi connectivity index (χ3n) is 3.43. The zero-order valence-electron chi connectivity index (χ0n) is 10.4. The van der Waals surface area contributed by atoms with Crippen LogP contribution in [0.25, 0.3) is 0 Å². The normalized spacial score (nSPS) is 11.7. The summed E-state index contributed by atoms with van der Waals surface area (Å²) in [6, 6.07) is 10.4. The maximum atomic E-state index is 6.27. The second-order valence-electron chi connectivity index (χ2n) is 4.66. The van der Waals surface area contributed by atoms with E-state index in [9.17, 15) is 0 Å². The third-order valence-corrected chi connectivity index (χ3v) is 5.88. The molecule has 0 aliphatic carbocycles. The van der Waals surface area contributed by atoms with Crippen LogP contribution in [0, 0.1) is 0 Å². The van der Waals surface area contributed by atoms with Gasteiger partial charge in [0.05, 0.1) is 0 Å². The van der Waals surface area contributed by atoms with Crippen molar-refractivity contribution in [1.82, 2.24) is 0 Å². The molecule has 2 rings (SSSR count). The summed E-state index contributed by atoms with van der Waals surface area (Å²) < 4.78 is 1.08. The van der Waals surface area contributed by atoms with Gasteiger partial charge in [-0.2, -0.15) is 11.3 Å². The summed E-state index contributed by atoms with van der Waals surface area (Å²) in [5.74, 6) is 1.06. The van der Waals surface area contributed by atoms with Gasteiger partial charge in [-0.15, -0.1) is 23.2 Å². The van der Waals surface area contributed by atoms with Crippen LogP contribution in [0.15, 0.2) is 45.6 Å². The minimum Gasteiger partial charge on any atom is -0.152 e. The Morgan fingerprint density at radius 1 is 1.11 bits per heavy atom. The number of alkyl halides is 2. The van der Waals surface area contributed by atoms with E-state index in [2.05, 4.69) is 38.8 Å². The molecule has 0 nitrogen and oxygen atoms in total. The maximum Gasteiger partial charge on any atom is 0.0332 e. The fourth-order valence-corrected chi connectivity index (χ4v) is 4.41. The monoisotopic (exact) mass is 376 g/mol. The van der Waals surface area contributed by atoms with E-state index in [1.165, 1.54) is 11.1 Å². The predicted octanol–water partition coefficient (Wildman–Crippen LogP) is 5.86. The standard InChI is InChI=1S/C15H15BrCl2S/c16-14-4-2-1-3-13(14)15(10-17,11-18)7-5-12-6-8-19-9-12/h1-4,6,8-9H,5,7,10-11H2. The topological polar surface area (TPSA) is 0 Å². The Kier molecular flexibility index (Phi) is 5.76. The molecule has 0 unspecified atom stereocenters. The van der Waals surface area contributed by atoms with E-state index in [-0.39, 0.29) is 5.41 Å². The highest BCUT2D eigenvalue weighted by atomic mass is 79.9. The SMILES string of the molecule is ClCC(CCl)(CCc1ccsc1)c1ccccc1Br. The van der Waals surface area contributed by atoms with Gasteiger partial charge in [-0.25, -0.2) is 0 Å². The van der Waals surface area contributed by atoms with Crippen molar-refractivity contribution >= 4 is 50.5 Å². The van der Waals surface area contributed by atoms with Gasteiger partial charge in [-0.3, -0.25) is 0 Å². The van der Waals surface area contributed by atoms with Crippen molar-refractivity contribution in [3.8, 4) is 0 Å². The molecule has 0 fully saturated rings. The lowest BCUT2D eigenvalue weighted by Crippen LogP contribution is -2.31. The molecular weight excluding hydrogens is 363 g/mol. The number of benzene rings is 1. The van der Waals surface area contributed by atoms with Crippen molar-refractivity contribution in [2.75, 3.05) is 11.8 Å². The smallest absolute Gasteiger partial charge is 0.0332 e. The first kappa shape index (κ1) is 15.4. The highest BCUT2D eigenvalue weighted by molar-refractivity contribution is 9.10. The highest BCUT2D eigenvalue weighted by Gasteiger charge is 2.32. The Morgan fingerprint density at radius 3 is 2.42 bits per heavy atom. The Morgan fingerprint density at radius 2 is 1.84 bits per heavy atom. The van der Waals surface area contributed by atoms with Crippen LogP contribution in [-0.4, -0.2) is 11.8 Å². The van der Waals surface area contributed by atoms with E-state index in [1.54, 1.807) is 11.3 Å². The van der Waals surface area contributed by atoms with Crippen molar-refractivity contribution < 1.29 is 0 Å². The second-order valence-corrected chi connectivity index (χ2v) is 6.83. The van der Waals surface area contributed by atoms with Crippen molar-refractivity contribution in [3.63, 3.8) is 0 Å². The van der Waals surface area contributed by atoms with Crippen molar-refractivity contribution in [1.29, 1.82) is 0 Å². The van der Waals surface area contributed by atoms with Crippen LogP contribution in [-0.2, 0) is 11.8 Å². The molecule has 1 heterocycles. The fraction of sp³-hybridized carbons (Fsp3) is 0.333. The van der Waals surface area contributed by atoms with Gasteiger partial charge in [0.1, 0.15) is 0 Å². The molecule has 0 aliphatic heterocycles. The van der Waals surface area contributed by atoms with Crippen LogP contribution < -0.4 is 0 Å². The van der Waals surface area contributed by atoms with E-state index in [0.717, 1.165) is 17.3 Å². The zero-order chi connectivity index (χ0) is 13.7. The van der Waals surface area contributed by atoms with Crippen molar-refractivity contribution in [3.05, 3.63) is 56.7 Å². The zero-order valence-corrected chi connectivity index (χ0v) is 14.3. The van der Waals surface area contributed by atoms with Crippen LogP contribution in [0.5, 0.6) is 0 Å². The fourth-order valence-electron chi connectivity index (χ4n) is 2.16. The van der Waals surface area contributed by atoms with Gasteiger partial charge in [0, 0.05) is 21.6 Å². The molecule has 0 aliphatic rings. The molecule has 0 radical (unpaired) electrons. The van der Waals surface area contributed by atoms with Gasteiger partial charge in [0.15, 0.2) is 0 Å². The average Bonchev–Trinajstić information content (AvgIpc) is 2.95. The predicted molar refractivity (Wildman–Crippen MR) is 89.9 cm³/mol. The first-order valence-corrected chi connectivity index (χ1v) is 8.90. The summed E-state index contributed by atoms with van der Waals surface area (Å²) in [6.07, 6.45) is 1.96. The number of thiophene rings is 1. The molecule has 0 amide bonds. The molecule has 0 bridgehead atoms. The molecule has 0 atom stereocenters. The molecule has 0 spiro atoms. The molecule has 102 valence electrons. The average molecular weight is 378 g/mol. The summed E-state index contributed by atoms with van der Waals surface area (Å²) in [7, 11) is 0. The summed E-state index contributed by atoms with van der Waals surface area (Å²) in [5.41, 5.74) is 2.39. The minimum atomic E-state index is -0.175. The molecule has 0 saturated carbocycles. The number of halogens is 3. The Hall–Kier alpha value is -0.0200. The first-order chi connectivity index (χ1) is 9.22. The van der Waals surface area contributed by atoms with Gasteiger partial charge in [0.2, 0.25) is 0 Å². The van der Waals surface area contributed by atoms with E-state index < -0.39 is 0 Å². The molecule has 1 aromatic carbocycles. The molecule has 19 heavy (non-hydrogen) atoms. The second kappa shape index (κ2) is 7.12. The van der Waals surface area contributed by atoms with Gasteiger partial charge in [-0.05, 0) is 46.9 Å². The van der Waals surface area contributed by atoms with Crippen LogP contribution >= 0.6 is 50.5 Å². The first-order valence-electron chi connectivity index (χ1n) is 6.10. The van der Waals surface area contributed by atoms with Gasteiger partial charge in [-0.1, -0.05) is 34.1 Å². The van der Waals surface area contributed by atoms with Crippen molar-refractivity contribution in [2.24, 2.45) is 0 Å². The lowest BCUT2D eigenvalue weighted by molar-refractivity contribution is 0.490. The maximum absolute atomic E-state index is 6.27. The number of hydrogen-bond acceptors (Lipinski definition) is 1. The van der Waals surface area contributed by atoms with Crippen LogP contribution in [0.4, 0.5) is 0 Å². The molecule has 2 aromatic rings. The molecule has 0 N–H and O–H groups in total. The van der Waals surface area contributed by atoms with E-state index >= 15 is 0 Å². The summed E-state index contributed by atoms with van der Waals surface area (Å²) in [4.78, 5) is 0. The minimum absolute atomic E-state index is 0.175. The van der Waals surface area contributed by atoms with Gasteiger partial charge >= 0.3 is 0 Å². The molecule has 4 heteroatoms. The van der Waals surface area contributed by atoms with Crippen LogP contribution in [0.3, 0.4) is 0 Å². The van der Waals surface area contributed by atoms with E-state index in [4.69, 9.17) is 23.2 Å². The van der Waals surface area contributed by atoms with Gasteiger partial charge in [0.25, 0.3) is 0 Å². The summed E-state index contributed by atoms with van der Waals surface area (Å²) >= 11 is 17.9. The number of rotatable bonds is 6. The molecule has 1 aromatic heterocycles. The van der Waals surface area contributed by atoms with Crippen LogP contribution in [0.1, 0.15) is 17.5 Å². The Labute approximate surface area is 136 Å². The molecular formula is C15H15BrCl2S. The molecule has 0 saturated heterocycles. The lowest BCUT2D eigenvalue weighted by Gasteiger charge is -2.31. The quantitative estimate of drug-likeness (QED) is 0.553. The van der Waals surface area contributed by atoms with E-state index in [1.807, 2.05) is 18.2 Å². The van der Waals surface area contributed by atoms with Gasteiger partial charge < -0.3 is 0 Å².